The first-order valence-corrected chi connectivity index (χ1v) is 5.77. The highest BCUT2D eigenvalue weighted by molar-refractivity contribution is 5.82. The number of fused-ring (bicyclic) bond motifs is 1. The molecule has 0 aromatic heterocycles. The Morgan fingerprint density at radius 1 is 1.08 bits per heavy atom. The summed E-state index contributed by atoms with van der Waals surface area (Å²) in [7, 11) is 0. The van der Waals surface area contributed by atoms with E-state index in [4.69, 9.17) is 0 Å². The summed E-state index contributed by atoms with van der Waals surface area (Å²) in [6, 6.07) is 0. The Morgan fingerprint density at radius 2 is 1.62 bits per heavy atom. The summed E-state index contributed by atoms with van der Waals surface area (Å²) in [6.45, 7) is 1.82. The quantitative estimate of drug-likeness (QED) is 0.605. The van der Waals surface area contributed by atoms with Crippen molar-refractivity contribution in [1.29, 1.82) is 0 Å². The van der Waals surface area contributed by atoms with Crippen LogP contribution in [0.25, 0.3) is 0 Å². The lowest BCUT2D eigenvalue weighted by Gasteiger charge is -2.45. The number of carbonyl (C=O) groups is 1. The van der Waals surface area contributed by atoms with E-state index in [1.807, 2.05) is 6.92 Å². The molecule has 2 rings (SSSR count). The molecule has 1 heteroatoms. The molecule has 2 fully saturated rings. The smallest absolute Gasteiger partial charge is 0.136 e. The zero-order valence-electron chi connectivity index (χ0n) is 8.64. The Bertz CT molecular complexity index is 195. The van der Waals surface area contributed by atoms with E-state index in [0.717, 1.165) is 5.92 Å². The second-order valence-electron chi connectivity index (χ2n) is 4.90. The molecular weight excluding hydrogens is 160 g/mol. The van der Waals surface area contributed by atoms with Crippen LogP contribution in [-0.4, -0.2) is 5.78 Å². The zero-order chi connectivity index (χ0) is 9.31. The van der Waals surface area contributed by atoms with Crippen molar-refractivity contribution in [2.24, 2.45) is 11.3 Å². The summed E-state index contributed by atoms with van der Waals surface area (Å²) in [5, 5.41) is 0. The van der Waals surface area contributed by atoms with Crippen LogP contribution >= 0.6 is 0 Å². The molecular formula is C12H20O. The fourth-order valence-corrected chi connectivity index (χ4v) is 3.53. The molecule has 0 amide bonds. The maximum atomic E-state index is 11.8. The van der Waals surface area contributed by atoms with Gasteiger partial charge in [0.2, 0.25) is 0 Å². The average Bonchev–Trinajstić information content (AvgIpc) is 2.17. The molecule has 0 aromatic carbocycles. The molecule has 0 saturated heterocycles. The summed E-state index contributed by atoms with van der Waals surface area (Å²) in [5.74, 6) is 1.23. The van der Waals surface area contributed by atoms with Crippen LogP contribution in [0, 0.1) is 11.3 Å². The Morgan fingerprint density at radius 3 is 2.00 bits per heavy atom. The summed E-state index contributed by atoms with van der Waals surface area (Å²) in [6.07, 6.45) is 10.3. The van der Waals surface area contributed by atoms with Crippen LogP contribution in [0.15, 0.2) is 0 Å². The van der Waals surface area contributed by atoms with E-state index in [2.05, 4.69) is 0 Å². The van der Waals surface area contributed by atoms with E-state index >= 15 is 0 Å². The summed E-state index contributed by atoms with van der Waals surface area (Å²) >= 11 is 0. The lowest BCUT2D eigenvalue weighted by Crippen LogP contribution is -2.42. The second kappa shape index (κ2) is 3.43. The number of carbonyl (C=O) groups excluding carboxylic acids is 1. The highest BCUT2D eigenvalue weighted by atomic mass is 16.1. The van der Waals surface area contributed by atoms with Gasteiger partial charge in [0.15, 0.2) is 0 Å². The lowest BCUT2D eigenvalue weighted by molar-refractivity contribution is -0.134. The Balaban J connectivity index is 2.21. The number of hydrogen-bond donors (Lipinski definition) is 0. The van der Waals surface area contributed by atoms with Crippen molar-refractivity contribution in [2.45, 2.75) is 58.3 Å². The van der Waals surface area contributed by atoms with Gasteiger partial charge < -0.3 is 0 Å². The number of ketones is 1. The van der Waals surface area contributed by atoms with Crippen molar-refractivity contribution in [2.75, 3.05) is 0 Å². The van der Waals surface area contributed by atoms with Crippen molar-refractivity contribution in [3.05, 3.63) is 0 Å². The fraction of sp³-hybridized carbons (Fsp3) is 0.917. The van der Waals surface area contributed by atoms with Crippen molar-refractivity contribution < 1.29 is 4.79 Å². The third kappa shape index (κ3) is 1.43. The lowest BCUT2D eigenvalue weighted by atomic mass is 9.58. The molecule has 0 bridgehead atoms. The first-order chi connectivity index (χ1) is 6.26. The topological polar surface area (TPSA) is 17.1 Å². The van der Waals surface area contributed by atoms with E-state index in [0.29, 0.717) is 5.78 Å². The minimum absolute atomic E-state index is 0.135. The number of Topliss-reactive ketones (excluding diaryl/α,β-unsaturated/α-hetero) is 1. The van der Waals surface area contributed by atoms with E-state index in [1.165, 1.54) is 51.4 Å². The molecule has 0 spiro atoms. The van der Waals surface area contributed by atoms with E-state index in [-0.39, 0.29) is 5.41 Å². The van der Waals surface area contributed by atoms with E-state index in [9.17, 15) is 4.79 Å². The Labute approximate surface area is 80.9 Å². The van der Waals surface area contributed by atoms with Gasteiger partial charge in [-0.2, -0.15) is 0 Å². The maximum absolute atomic E-state index is 11.8. The molecule has 0 N–H and O–H groups in total. The Kier molecular flexibility index (Phi) is 2.44. The summed E-state index contributed by atoms with van der Waals surface area (Å²) < 4.78 is 0. The van der Waals surface area contributed by atoms with Gasteiger partial charge in [0, 0.05) is 5.41 Å². The van der Waals surface area contributed by atoms with Gasteiger partial charge in [0.1, 0.15) is 5.78 Å². The van der Waals surface area contributed by atoms with Gasteiger partial charge in [0.05, 0.1) is 0 Å². The zero-order valence-corrected chi connectivity index (χ0v) is 8.64. The number of rotatable bonds is 1. The van der Waals surface area contributed by atoms with Crippen LogP contribution < -0.4 is 0 Å². The van der Waals surface area contributed by atoms with E-state index < -0.39 is 0 Å². The molecule has 0 heterocycles. The van der Waals surface area contributed by atoms with Gasteiger partial charge >= 0.3 is 0 Å². The average molecular weight is 180 g/mol. The van der Waals surface area contributed by atoms with Crippen molar-refractivity contribution in [3.63, 3.8) is 0 Å². The van der Waals surface area contributed by atoms with Gasteiger partial charge in [-0.05, 0) is 38.5 Å². The second-order valence-corrected chi connectivity index (χ2v) is 4.90. The molecule has 0 aromatic rings. The highest BCUT2D eigenvalue weighted by Crippen LogP contribution is 2.50. The molecule has 2 aliphatic carbocycles. The molecule has 1 nitrogen and oxygen atoms in total. The predicted molar refractivity (Wildman–Crippen MR) is 53.5 cm³/mol. The highest BCUT2D eigenvalue weighted by Gasteiger charge is 2.45. The molecule has 0 atom stereocenters. The minimum Gasteiger partial charge on any atom is -0.299 e. The van der Waals surface area contributed by atoms with Gasteiger partial charge in [-0.25, -0.2) is 0 Å². The molecule has 0 radical (unpaired) electrons. The van der Waals surface area contributed by atoms with Crippen molar-refractivity contribution in [1.82, 2.24) is 0 Å². The molecule has 0 aliphatic heterocycles. The molecule has 0 unspecified atom stereocenters. The predicted octanol–water partition coefficient (Wildman–Crippen LogP) is 3.33. The molecule has 13 heavy (non-hydrogen) atoms. The van der Waals surface area contributed by atoms with Crippen LogP contribution in [0.1, 0.15) is 58.3 Å². The summed E-state index contributed by atoms with van der Waals surface area (Å²) in [4.78, 5) is 11.8. The fourth-order valence-electron chi connectivity index (χ4n) is 3.53. The van der Waals surface area contributed by atoms with Crippen LogP contribution in [0.3, 0.4) is 0 Å². The van der Waals surface area contributed by atoms with Crippen molar-refractivity contribution in [3.8, 4) is 0 Å². The van der Waals surface area contributed by atoms with Crippen LogP contribution in [0.2, 0.25) is 0 Å². The van der Waals surface area contributed by atoms with Gasteiger partial charge in [0.25, 0.3) is 0 Å². The standard InChI is InChI=1S/C12H20O/c1-10(13)12-8-4-2-6-11(12)7-3-5-9-12/h11H,2-9H2,1H3. The molecule has 74 valence electrons. The summed E-state index contributed by atoms with van der Waals surface area (Å²) in [5.41, 5.74) is 0.135. The first-order valence-electron chi connectivity index (χ1n) is 5.77. The SMILES string of the molecule is CC(=O)C12CCCCC1CCCC2. The first kappa shape index (κ1) is 9.23. The molecule has 2 aliphatic rings. The van der Waals surface area contributed by atoms with Crippen molar-refractivity contribution >= 4 is 5.78 Å². The van der Waals surface area contributed by atoms with Gasteiger partial charge in [-0.3, -0.25) is 4.79 Å². The van der Waals surface area contributed by atoms with Crippen LogP contribution in [0.4, 0.5) is 0 Å². The normalized spacial score (nSPS) is 39.6. The third-order valence-electron chi connectivity index (χ3n) is 4.33. The minimum atomic E-state index is 0.135. The monoisotopic (exact) mass is 180 g/mol. The van der Waals surface area contributed by atoms with E-state index in [1.54, 1.807) is 0 Å². The van der Waals surface area contributed by atoms with Gasteiger partial charge in [-0.1, -0.05) is 25.7 Å². The van der Waals surface area contributed by atoms with Crippen LogP contribution in [-0.2, 0) is 4.79 Å². The maximum Gasteiger partial charge on any atom is 0.136 e. The largest absolute Gasteiger partial charge is 0.299 e. The Hall–Kier alpha value is -0.330. The van der Waals surface area contributed by atoms with Crippen LogP contribution in [0.5, 0.6) is 0 Å². The molecule has 2 saturated carbocycles. The number of hydrogen-bond acceptors (Lipinski definition) is 1. The third-order valence-corrected chi connectivity index (χ3v) is 4.33. The van der Waals surface area contributed by atoms with Gasteiger partial charge in [-0.15, -0.1) is 0 Å².